The third kappa shape index (κ3) is 3.43. The molecular weight excluding hydrogens is 252 g/mol. The Bertz CT molecular complexity index is 419. The number of hydrogen-bond acceptors (Lipinski definition) is 3. The second kappa shape index (κ2) is 6.16. The van der Waals surface area contributed by atoms with Crippen LogP contribution in [0.2, 0.25) is 5.02 Å². The lowest BCUT2D eigenvalue weighted by atomic mass is 10.0. The summed E-state index contributed by atoms with van der Waals surface area (Å²) in [6.07, 6.45) is 5.47. The van der Waals surface area contributed by atoms with Crippen molar-refractivity contribution in [2.45, 2.75) is 31.8 Å². The molecular formula is C13H17ClN2O2. The van der Waals surface area contributed by atoms with Gasteiger partial charge in [0.15, 0.2) is 0 Å². The lowest BCUT2D eigenvalue weighted by Crippen LogP contribution is -2.35. The third-order valence-electron chi connectivity index (χ3n) is 3.37. The van der Waals surface area contributed by atoms with Crippen LogP contribution in [-0.2, 0) is 0 Å². The van der Waals surface area contributed by atoms with E-state index in [4.69, 9.17) is 11.6 Å². The van der Waals surface area contributed by atoms with Crippen LogP contribution in [0.3, 0.4) is 0 Å². The molecule has 1 unspecified atom stereocenters. The van der Waals surface area contributed by atoms with Crippen LogP contribution in [0.1, 0.15) is 36.2 Å². The van der Waals surface area contributed by atoms with Crippen molar-refractivity contribution in [1.29, 1.82) is 0 Å². The van der Waals surface area contributed by atoms with Crippen molar-refractivity contribution in [3.8, 4) is 0 Å². The molecule has 1 saturated carbocycles. The third-order valence-corrected chi connectivity index (χ3v) is 3.61. The molecule has 0 saturated heterocycles. The van der Waals surface area contributed by atoms with Crippen molar-refractivity contribution >= 4 is 17.5 Å². The zero-order valence-corrected chi connectivity index (χ0v) is 10.9. The Morgan fingerprint density at radius 2 is 2.28 bits per heavy atom. The number of aliphatic hydroxyl groups is 1. The molecule has 0 spiro atoms. The van der Waals surface area contributed by atoms with Gasteiger partial charge in [-0.2, -0.15) is 0 Å². The number of amides is 1. The molecule has 1 fully saturated rings. The van der Waals surface area contributed by atoms with Crippen molar-refractivity contribution in [3.05, 3.63) is 29.0 Å². The number of aliphatic hydroxyl groups excluding tert-OH is 1. The van der Waals surface area contributed by atoms with Crippen LogP contribution in [0.5, 0.6) is 0 Å². The first-order valence-corrected chi connectivity index (χ1v) is 6.62. The summed E-state index contributed by atoms with van der Waals surface area (Å²) in [5, 5.41) is 13.1. The molecule has 98 valence electrons. The van der Waals surface area contributed by atoms with Crippen LogP contribution in [0.15, 0.2) is 18.3 Å². The molecule has 18 heavy (non-hydrogen) atoms. The summed E-state index contributed by atoms with van der Waals surface area (Å²) in [7, 11) is 0. The molecule has 0 aromatic carbocycles. The normalized spacial score (nSPS) is 17.7. The van der Waals surface area contributed by atoms with Gasteiger partial charge in [0, 0.05) is 17.8 Å². The lowest BCUT2D eigenvalue weighted by Gasteiger charge is -2.17. The second-order valence-electron chi connectivity index (χ2n) is 4.68. The van der Waals surface area contributed by atoms with Gasteiger partial charge in [0.2, 0.25) is 0 Å². The maximum atomic E-state index is 11.8. The van der Waals surface area contributed by atoms with Gasteiger partial charge in [0.05, 0.1) is 6.10 Å². The summed E-state index contributed by atoms with van der Waals surface area (Å²) in [5.41, 5.74) is 0.279. The highest BCUT2D eigenvalue weighted by atomic mass is 35.5. The smallest absolute Gasteiger partial charge is 0.270 e. The van der Waals surface area contributed by atoms with Gasteiger partial charge in [-0.15, -0.1) is 0 Å². The molecule has 2 rings (SSSR count). The highest BCUT2D eigenvalue weighted by Crippen LogP contribution is 2.27. The Hall–Kier alpha value is -1.13. The maximum Gasteiger partial charge on any atom is 0.270 e. The number of nitrogens with zero attached hydrogens (tertiary/aromatic N) is 1. The molecule has 2 N–H and O–H groups in total. The van der Waals surface area contributed by atoms with E-state index in [2.05, 4.69) is 10.3 Å². The van der Waals surface area contributed by atoms with E-state index in [0.29, 0.717) is 10.9 Å². The molecule has 1 aliphatic carbocycles. The van der Waals surface area contributed by atoms with Gasteiger partial charge in [0.1, 0.15) is 5.69 Å². The average Bonchev–Trinajstić information content (AvgIpc) is 2.89. The van der Waals surface area contributed by atoms with Gasteiger partial charge in [-0.3, -0.25) is 9.78 Å². The summed E-state index contributed by atoms with van der Waals surface area (Å²) in [6.45, 7) is 0.275. The minimum absolute atomic E-state index is 0.275. The number of carbonyl (C=O) groups is 1. The molecule has 1 atom stereocenters. The number of pyridine rings is 1. The van der Waals surface area contributed by atoms with E-state index in [1.165, 1.54) is 25.1 Å². The van der Waals surface area contributed by atoms with Crippen LogP contribution in [-0.4, -0.2) is 28.6 Å². The van der Waals surface area contributed by atoms with E-state index in [-0.39, 0.29) is 18.1 Å². The Morgan fingerprint density at radius 3 is 2.94 bits per heavy atom. The Balaban J connectivity index is 1.84. The SMILES string of the molecule is O=C(NCC(O)C1CCCC1)c1cc(Cl)ccn1. The summed E-state index contributed by atoms with van der Waals surface area (Å²) in [5.74, 6) is 0.0205. The van der Waals surface area contributed by atoms with Crippen molar-refractivity contribution in [2.75, 3.05) is 6.54 Å². The zero-order valence-electron chi connectivity index (χ0n) is 10.1. The fourth-order valence-corrected chi connectivity index (χ4v) is 2.49. The van der Waals surface area contributed by atoms with Crippen LogP contribution in [0.4, 0.5) is 0 Å². The molecule has 0 bridgehead atoms. The van der Waals surface area contributed by atoms with E-state index >= 15 is 0 Å². The van der Waals surface area contributed by atoms with E-state index < -0.39 is 6.10 Å². The summed E-state index contributed by atoms with van der Waals surface area (Å²) < 4.78 is 0. The van der Waals surface area contributed by atoms with Gasteiger partial charge < -0.3 is 10.4 Å². The molecule has 1 aromatic heterocycles. The van der Waals surface area contributed by atoms with Gasteiger partial charge in [-0.1, -0.05) is 24.4 Å². The lowest BCUT2D eigenvalue weighted by molar-refractivity contribution is 0.0836. The Morgan fingerprint density at radius 1 is 1.56 bits per heavy atom. The molecule has 1 aliphatic rings. The maximum absolute atomic E-state index is 11.8. The van der Waals surface area contributed by atoms with E-state index in [0.717, 1.165) is 12.8 Å². The second-order valence-corrected chi connectivity index (χ2v) is 5.12. The predicted octanol–water partition coefficient (Wildman–Crippen LogP) is 2.02. The van der Waals surface area contributed by atoms with Gasteiger partial charge in [0.25, 0.3) is 5.91 Å². The largest absolute Gasteiger partial charge is 0.391 e. The molecule has 1 aromatic rings. The average molecular weight is 269 g/mol. The highest BCUT2D eigenvalue weighted by Gasteiger charge is 2.23. The van der Waals surface area contributed by atoms with Crippen molar-refractivity contribution in [1.82, 2.24) is 10.3 Å². The Kier molecular flexibility index (Phi) is 4.55. The summed E-state index contributed by atoms with van der Waals surface area (Å²) in [6, 6.07) is 3.13. The van der Waals surface area contributed by atoms with Crippen molar-refractivity contribution in [2.24, 2.45) is 5.92 Å². The van der Waals surface area contributed by atoms with Crippen LogP contribution in [0, 0.1) is 5.92 Å². The standard InChI is InChI=1S/C13H17ClN2O2/c14-10-5-6-15-11(7-10)13(18)16-8-12(17)9-3-1-2-4-9/h5-7,9,12,17H,1-4,8H2,(H,16,18). The fraction of sp³-hybridized carbons (Fsp3) is 0.538. The monoisotopic (exact) mass is 268 g/mol. The molecule has 0 aliphatic heterocycles. The first-order valence-electron chi connectivity index (χ1n) is 6.24. The summed E-state index contributed by atoms with van der Waals surface area (Å²) >= 11 is 5.79. The Labute approximate surface area is 111 Å². The predicted molar refractivity (Wildman–Crippen MR) is 69.5 cm³/mol. The number of halogens is 1. The van der Waals surface area contributed by atoms with Crippen LogP contribution >= 0.6 is 11.6 Å². The first kappa shape index (κ1) is 13.3. The van der Waals surface area contributed by atoms with Gasteiger partial charge >= 0.3 is 0 Å². The zero-order chi connectivity index (χ0) is 13.0. The summed E-state index contributed by atoms with van der Waals surface area (Å²) in [4.78, 5) is 15.7. The molecule has 1 heterocycles. The molecule has 5 heteroatoms. The van der Waals surface area contributed by atoms with E-state index in [9.17, 15) is 9.90 Å². The molecule has 4 nitrogen and oxygen atoms in total. The quantitative estimate of drug-likeness (QED) is 0.878. The molecule has 1 amide bonds. The first-order chi connectivity index (χ1) is 8.66. The van der Waals surface area contributed by atoms with Gasteiger partial charge in [-0.25, -0.2) is 0 Å². The highest BCUT2D eigenvalue weighted by molar-refractivity contribution is 6.30. The molecule has 0 radical (unpaired) electrons. The van der Waals surface area contributed by atoms with E-state index in [1.54, 1.807) is 6.07 Å². The van der Waals surface area contributed by atoms with Crippen LogP contribution in [0.25, 0.3) is 0 Å². The van der Waals surface area contributed by atoms with Crippen LogP contribution < -0.4 is 5.32 Å². The topological polar surface area (TPSA) is 62.2 Å². The fourth-order valence-electron chi connectivity index (χ4n) is 2.33. The van der Waals surface area contributed by atoms with Crippen molar-refractivity contribution in [3.63, 3.8) is 0 Å². The number of hydrogen-bond donors (Lipinski definition) is 2. The number of rotatable bonds is 4. The number of carbonyl (C=O) groups excluding carboxylic acids is 1. The van der Waals surface area contributed by atoms with E-state index in [1.807, 2.05) is 0 Å². The number of nitrogens with one attached hydrogen (secondary N) is 1. The van der Waals surface area contributed by atoms with Gasteiger partial charge in [-0.05, 0) is 30.9 Å². The minimum atomic E-state index is -0.462. The van der Waals surface area contributed by atoms with Crippen molar-refractivity contribution < 1.29 is 9.90 Å². The minimum Gasteiger partial charge on any atom is -0.391 e. The number of aromatic nitrogens is 1.